The second kappa shape index (κ2) is 13.4. The van der Waals surface area contributed by atoms with Gasteiger partial charge in [-0.05, 0) is 61.2 Å². The average Bonchev–Trinajstić information content (AvgIpc) is 2.88. The molecule has 0 spiro atoms. The molecule has 0 fully saturated rings. The molecule has 1 unspecified atom stereocenters. The Labute approximate surface area is 224 Å². The van der Waals surface area contributed by atoms with Crippen LogP contribution in [0.4, 0.5) is 5.69 Å². The molecular weight excluding hydrogens is 527 g/mol. The molecule has 9 nitrogen and oxygen atoms in total. The van der Waals surface area contributed by atoms with Crippen LogP contribution in [0.5, 0.6) is 5.75 Å². The van der Waals surface area contributed by atoms with Crippen LogP contribution in [0.25, 0.3) is 0 Å². The molecule has 0 aliphatic heterocycles. The second-order valence-corrected chi connectivity index (χ2v) is 12.5. The van der Waals surface area contributed by atoms with Gasteiger partial charge in [0.25, 0.3) is 0 Å². The molecule has 0 saturated carbocycles. The van der Waals surface area contributed by atoms with Gasteiger partial charge in [-0.15, -0.1) is 0 Å². The molecule has 0 radical (unpaired) electrons. The summed E-state index contributed by atoms with van der Waals surface area (Å²) in [4.78, 5) is 0. The Kier molecular flexibility index (Phi) is 10.5. The molecule has 38 heavy (non-hydrogen) atoms. The summed E-state index contributed by atoms with van der Waals surface area (Å²) >= 11 is 0. The van der Waals surface area contributed by atoms with E-state index >= 15 is 0 Å². The van der Waals surface area contributed by atoms with Crippen molar-refractivity contribution in [1.82, 2.24) is 5.32 Å². The lowest BCUT2D eigenvalue weighted by Gasteiger charge is -2.23. The standard InChI is InChI=1S/C27H35N2O7PS/c1-4-35-37(32,36-5-2)23-14-11-21(12-15-23)24(17-20-9-7-6-8-10-20)28-19-27(31)22-13-16-26(30)25(18-22)29-38(3,33)34/h6-16,18,24,27-31H,4-5,17,19H2,1-3H3/t24?,27-/m0/s1. The largest absolute Gasteiger partial charge is 0.506 e. The zero-order valence-electron chi connectivity index (χ0n) is 21.7. The molecule has 0 aliphatic rings. The average molecular weight is 563 g/mol. The normalized spacial score (nSPS) is 13.7. The summed E-state index contributed by atoms with van der Waals surface area (Å²) in [5.74, 6) is -0.238. The van der Waals surface area contributed by atoms with E-state index in [1.54, 1.807) is 26.0 Å². The molecule has 0 bridgehead atoms. The molecule has 0 aromatic heterocycles. The number of nitrogens with one attached hydrogen (secondary N) is 2. The van der Waals surface area contributed by atoms with E-state index in [0.29, 0.717) is 17.3 Å². The van der Waals surface area contributed by atoms with Crippen molar-refractivity contribution in [2.45, 2.75) is 32.4 Å². The van der Waals surface area contributed by atoms with Gasteiger partial charge in [-0.25, -0.2) is 8.42 Å². The van der Waals surface area contributed by atoms with E-state index in [2.05, 4.69) is 10.0 Å². The Morgan fingerprint density at radius 2 is 1.53 bits per heavy atom. The van der Waals surface area contributed by atoms with Crippen molar-refractivity contribution >= 4 is 28.6 Å². The van der Waals surface area contributed by atoms with Crippen molar-refractivity contribution < 1.29 is 32.2 Å². The highest BCUT2D eigenvalue weighted by atomic mass is 32.2. The predicted octanol–water partition coefficient (Wildman–Crippen LogP) is 4.26. The number of sulfonamides is 1. The molecule has 0 amide bonds. The van der Waals surface area contributed by atoms with E-state index in [9.17, 15) is 23.2 Å². The van der Waals surface area contributed by atoms with Gasteiger partial charge < -0.3 is 24.6 Å². The van der Waals surface area contributed by atoms with Crippen LogP contribution in [0, 0.1) is 0 Å². The highest BCUT2D eigenvalue weighted by molar-refractivity contribution is 7.92. The number of phenolic OH excluding ortho intramolecular Hbond substituents is 1. The number of hydrogen-bond donors (Lipinski definition) is 4. The summed E-state index contributed by atoms with van der Waals surface area (Å²) in [7, 11) is -7.02. The monoisotopic (exact) mass is 562 g/mol. The van der Waals surface area contributed by atoms with Crippen molar-refractivity contribution in [3.05, 3.63) is 89.5 Å². The fourth-order valence-corrected chi connectivity index (χ4v) is 6.12. The molecule has 0 aliphatic carbocycles. The summed E-state index contributed by atoms with van der Waals surface area (Å²) in [5.41, 5.74) is 2.43. The van der Waals surface area contributed by atoms with Gasteiger partial charge in [-0.2, -0.15) is 0 Å². The first-order valence-electron chi connectivity index (χ1n) is 12.3. The SMILES string of the molecule is CCOP(=O)(OCC)c1ccc(C(Cc2ccccc2)NC[C@H](O)c2ccc(O)c(NS(C)(=O)=O)c2)cc1. The van der Waals surface area contributed by atoms with E-state index in [1.807, 2.05) is 42.5 Å². The van der Waals surface area contributed by atoms with Gasteiger partial charge in [-0.3, -0.25) is 9.29 Å². The Morgan fingerprint density at radius 1 is 0.921 bits per heavy atom. The Balaban J connectivity index is 1.82. The van der Waals surface area contributed by atoms with E-state index in [0.717, 1.165) is 17.4 Å². The third kappa shape index (κ3) is 8.39. The van der Waals surface area contributed by atoms with E-state index in [1.165, 1.54) is 18.2 Å². The van der Waals surface area contributed by atoms with Crippen molar-refractivity contribution in [2.24, 2.45) is 0 Å². The number of aromatic hydroxyl groups is 1. The number of anilines is 1. The Hall–Kier alpha value is -2.72. The molecule has 0 heterocycles. The van der Waals surface area contributed by atoms with Crippen molar-refractivity contribution in [2.75, 3.05) is 30.7 Å². The molecular formula is C27H35N2O7PS. The van der Waals surface area contributed by atoms with Crippen molar-refractivity contribution in [1.29, 1.82) is 0 Å². The van der Waals surface area contributed by atoms with Gasteiger partial charge in [0.05, 0.1) is 36.6 Å². The molecule has 3 aromatic rings. The zero-order chi connectivity index (χ0) is 27.8. The first kappa shape index (κ1) is 29.8. The molecule has 2 atom stereocenters. The maximum atomic E-state index is 13.1. The highest BCUT2D eigenvalue weighted by Gasteiger charge is 2.27. The summed E-state index contributed by atoms with van der Waals surface area (Å²) in [5, 5.41) is 24.7. The van der Waals surface area contributed by atoms with Crippen LogP contribution in [0.1, 0.15) is 42.7 Å². The van der Waals surface area contributed by atoms with Crippen LogP contribution < -0.4 is 15.3 Å². The van der Waals surface area contributed by atoms with Gasteiger partial charge in [0.15, 0.2) is 0 Å². The summed E-state index contributed by atoms with van der Waals surface area (Å²) in [6.45, 7) is 4.19. The van der Waals surface area contributed by atoms with Gasteiger partial charge in [-0.1, -0.05) is 48.5 Å². The lowest BCUT2D eigenvalue weighted by molar-refractivity contribution is 0.169. The number of rotatable bonds is 14. The predicted molar refractivity (Wildman–Crippen MR) is 149 cm³/mol. The maximum Gasteiger partial charge on any atom is 0.361 e. The lowest BCUT2D eigenvalue weighted by Crippen LogP contribution is -2.28. The van der Waals surface area contributed by atoms with Gasteiger partial charge in [0.2, 0.25) is 10.0 Å². The second-order valence-electron chi connectivity index (χ2n) is 8.74. The quantitative estimate of drug-likeness (QED) is 0.169. The van der Waals surface area contributed by atoms with Crippen LogP contribution in [0.3, 0.4) is 0 Å². The van der Waals surface area contributed by atoms with Crippen LogP contribution >= 0.6 is 7.60 Å². The van der Waals surface area contributed by atoms with Crippen LogP contribution in [-0.2, 0) is 30.1 Å². The van der Waals surface area contributed by atoms with Crippen molar-refractivity contribution in [3.8, 4) is 5.75 Å². The van der Waals surface area contributed by atoms with E-state index in [-0.39, 0.29) is 37.2 Å². The van der Waals surface area contributed by atoms with Crippen LogP contribution in [-0.4, -0.2) is 44.6 Å². The minimum Gasteiger partial charge on any atom is -0.506 e. The highest BCUT2D eigenvalue weighted by Crippen LogP contribution is 2.46. The van der Waals surface area contributed by atoms with Gasteiger partial charge in [0.1, 0.15) is 5.75 Å². The molecule has 3 aromatic carbocycles. The van der Waals surface area contributed by atoms with Crippen LogP contribution in [0.2, 0.25) is 0 Å². The number of hydrogen-bond acceptors (Lipinski definition) is 8. The van der Waals surface area contributed by atoms with Gasteiger partial charge in [0, 0.05) is 12.6 Å². The first-order valence-corrected chi connectivity index (χ1v) is 15.7. The number of benzene rings is 3. The molecule has 4 N–H and O–H groups in total. The third-order valence-electron chi connectivity index (χ3n) is 5.75. The summed E-state index contributed by atoms with van der Waals surface area (Å²) in [6.07, 6.45) is 0.625. The minimum atomic E-state index is -3.61. The molecule has 3 rings (SSSR count). The topological polar surface area (TPSA) is 134 Å². The fraction of sp³-hybridized carbons (Fsp3) is 0.333. The Bertz CT molecular complexity index is 1330. The molecule has 206 valence electrons. The molecule has 11 heteroatoms. The van der Waals surface area contributed by atoms with Crippen molar-refractivity contribution in [3.63, 3.8) is 0 Å². The maximum absolute atomic E-state index is 13.1. The smallest absolute Gasteiger partial charge is 0.361 e. The summed E-state index contributed by atoms with van der Waals surface area (Å²) < 4.78 is 49.5. The third-order valence-corrected chi connectivity index (χ3v) is 8.47. The van der Waals surface area contributed by atoms with E-state index < -0.39 is 23.7 Å². The molecule has 0 saturated heterocycles. The Morgan fingerprint density at radius 3 is 2.11 bits per heavy atom. The van der Waals surface area contributed by atoms with Crippen LogP contribution in [0.15, 0.2) is 72.8 Å². The first-order chi connectivity index (χ1) is 18.0. The lowest BCUT2D eigenvalue weighted by atomic mass is 9.98. The fourth-order valence-electron chi connectivity index (χ4n) is 3.99. The van der Waals surface area contributed by atoms with Gasteiger partial charge >= 0.3 is 7.60 Å². The summed E-state index contributed by atoms with van der Waals surface area (Å²) in [6, 6.07) is 21.2. The minimum absolute atomic E-state index is 0.00602. The number of phenols is 1. The number of aliphatic hydroxyl groups is 1. The zero-order valence-corrected chi connectivity index (χ0v) is 23.4. The van der Waals surface area contributed by atoms with E-state index in [4.69, 9.17) is 9.05 Å². The number of aliphatic hydroxyl groups excluding tert-OH is 1.